The molecule has 0 aromatic carbocycles. The smallest absolute Gasteiger partial charge is 0.0788 e. The fourth-order valence-corrected chi connectivity index (χ4v) is 9.49. The lowest BCUT2D eigenvalue weighted by atomic mass is 9.46. The number of hydrogen-bond donors (Lipinski definition) is 1. The van der Waals surface area contributed by atoms with Gasteiger partial charge in [-0.2, -0.15) is 0 Å². The van der Waals surface area contributed by atoms with Gasteiger partial charge in [-0.15, -0.1) is 0 Å². The lowest BCUT2D eigenvalue weighted by Crippen LogP contribution is -2.55. The van der Waals surface area contributed by atoms with Crippen LogP contribution in [0, 0.1) is 52.3 Å². The molecule has 32 heavy (non-hydrogen) atoms. The highest BCUT2D eigenvalue weighted by Gasteiger charge is 2.61. The summed E-state index contributed by atoms with van der Waals surface area (Å²) in [6, 6.07) is 0. The van der Waals surface area contributed by atoms with Crippen LogP contribution in [0.3, 0.4) is 0 Å². The number of aliphatic hydroxyl groups excluding tert-OH is 1. The first-order chi connectivity index (χ1) is 15.2. The maximum absolute atomic E-state index is 10.4. The second-order valence-corrected chi connectivity index (χ2v) is 13.2. The molecule has 0 radical (unpaired) electrons. The number of ether oxygens (including phenoxy) is 1. The second-order valence-electron chi connectivity index (χ2n) is 13.2. The van der Waals surface area contributed by atoms with Crippen LogP contribution in [-0.4, -0.2) is 24.4 Å². The van der Waals surface area contributed by atoms with E-state index in [-0.39, 0.29) is 17.6 Å². The summed E-state index contributed by atoms with van der Waals surface area (Å²) < 4.78 is 6.20. The Morgan fingerprint density at radius 1 is 1.03 bits per heavy atom. The van der Waals surface area contributed by atoms with E-state index in [1.807, 2.05) is 7.11 Å². The normalized spacial score (nSPS) is 45.6. The Kier molecular flexibility index (Phi) is 7.25. The van der Waals surface area contributed by atoms with Crippen LogP contribution in [0.4, 0.5) is 0 Å². The monoisotopic (exact) mass is 444 g/mol. The Balaban J connectivity index is 1.54. The molecule has 2 heteroatoms. The zero-order valence-electron chi connectivity index (χ0n) is 22.2. The van der Waals surface area contributed by atoms with Crippen molar-refractivity contribution >= 4 is 0 Å². The SMILES string of the molecule is CC[C@H](CC[C@@H](C)[C@H]1CC[C@H]2C3[C@H](OC)C=C4C[C@@H](O)CC[C@]4(C)[C@H]3CC[C@]12C)C(C)C. The van der Waals surface area contributed by atoms with Crippen molar-refractivity contribution in [3.63, 3.8) is 0 Å². The number of rotatable bonds is 7. The van der Waals surface area contributed by atoms with Crippen LogP contribution < -0.4 is 0 Å². The molecule has 3 fully saturated rings. The molecule has 184 valence electrons. The van der Waals surface area contributed by atoms with E-state index in [2.05, 4.69) is 47.6 Å². The molecule has 0 amide bonds. The molecule has 0 heterocycles. The van der Waals surface area contributed by atoms with Gasteiger partial charge in [-0.3, -0.25) is 0 Å². The van der Waals surface area contributed by atoms with Gasteiger partial charge in [0.2, 0.25) is 0 Å². The van der Waals surface area contributed by atoms with Gasteiger partial charge < -0.3 is 9.84 Å². The fourth-order valence-electron chi connectivity index (χ4n) is 9.49. The summed E-state index contributed by atoms with van der Waals surface area (Å²) in [7, 11) is 1.93. The predicted octanol–water partition coefficient (Wildman–Crippen LogP) is 7.65. The Morgan fingerprint density at radius 3 is 2.44 bits per heavy atom. The Bertz CT molecular complexity index is 682. The summed E-state index contributed by atoms with van der Waals surface area (Å²) in [6.45, 7) is 15.0. The molecule has 3 saturated carbocycles. The molecule has 4 rings (SSSR count). The molecule has 4 aliphatic rings. The van der Waals surface area contributed by atoms with Crippen LogP contribution in [0.1, 0.15) is 106 Å². The number of methoxy groups -OCH3 is 1. The first kappa shape index (κ1) is 24.8. The van der Waals surface area contributed by atoms with Crippen molar-refractivity contribution < 1.29 is 9.84 Å². The molecule has 0 saturated heterocycles. The van der Waals surface area contributed by atoms with Crippen molar-refractivity contribution in [2.45, 2.75) is 118 Å². The van der Waals surface area contributed by atoms with E-state index in [1.54, 1.807) is 0 Å². The molecule has 0 bridgehead atoms. The molecule has 2 nitrogen and oxygen atoms in total. The number of aliphatic hydroxyl groups is 1. The highest BCUT2D eigenvalue weighted by atomic mass is 16.5. The molecule has 10 atom stereocenters. The molecular formula is C30H52O2. The van der Waals surface area contributed by atoms with Gasteiger partial charge in [0, 0.05) is 7.11 Å². The van der Waals surface area contributed by atoms with Crippen molar-refractivity contribution in [3.05, 3.63) is 11.6 Å². The summed E-state index contributed by atoms with van der Waals surface area (Å²) in [5, 5.41) is 10.4. The second kappa shape index (κ2) is 9.37. The first-order valence-electron chi connectivity index (χ1n) is 14.1. The minimum Gasteiger partial charge on any atom is -0.393 e. The molecule has 1 unspecified atom stereocenters. The summed E-state index contributed by atoms with van der Waals surface area (Å²) in [5.74, 6) is 5.62. The average Bonchev–Trinajstić information content (AvgIpc) is 3.11. The van der Waals surface area contributed by atoms with Gasteiger partial charge in [-0.25, -0.2) is 0 Å². The van der Waals surface area contributed by atoms with Crippen molar-refractivity contribution in [2.75, 3.05) is 7.11 Å². The van der Waals surface area contributed by atoms with E-state index in [1.165, 1.54) is 50.5 Å². The quantitative estimate of drug-likeness (QED) is 0.409. The van der Waals surface area contributed by atoms with Gasteiger partial charge in [0.05, 0.1) is 12.2 Å². The van der Waals surface area contributed by atoms with Crippen LogP contribution >= 0.6 is 0 Å². The summed E-state index contributed by atoms with van der Waals surface area (Å²) >= 11 is 0. The Morgan fingerprint density at radius 2 is 1.78 bits per heavy atom. The fraction of sp³-hybridized carbons (Fsp3) is 0.933. The zero-order valence-corrected chi connectivity index (χ0v) is 22.2. The van der Waals surface area contributed by atoms with Crippen LogP contribution in [0.15, 0.2) is 11.6 Å². The predicted molar refractivity (Wildman–Crippen MR) is 134 cm³/mol. The molecular weight excluding hydrogens is 392 g/mol. The third-order valence-corrected chi connectivity index (χ3v) is 11.6. The van der Waals surface area contributed by atoms with Crippen LogP contribution in [0.5, 0.6) is 0 Å². The average molecular weight is 445 g/mol. The van der Waals surface area contributed by atoms with Gasteiger partial charge in [0.1, 0.15) is 0 Å². The van der Waals surface area contributed by atoms with Crippen molar-refractivity contribution in [3.8, 4) is 0 Å². The van der Waals surface area contributed by atoms with Crippen molar-refractivity contribution in [1.82, 2.24) is 0 Å². The number of hydrogen-bond acceptors (Lipinski definition) is 2. The molecule has 0 spiro atoms. The van der Waals surface area contributed by atoms with Crippen LogP contribution in [0.2, 0.25) is 0 Å². The maximum Gasteiger partial charge on any atom is 0.0788 e. The van der Waals surface area contributed by atoms with E-state index in [0.29, 0.717) is 11.3 Å². The Hall–Kier alpha value is -0.340. The summed E-state index contributed by atoms with van der Waals surface area (Å²) in [4.78, 5) is 0. The molecule has 0 aromatic rings. The molecule has 4 aliphatic carbocycles. The highest BCUT2D eigenvalue weighted by molar-refractivity contribution is 5.28. The lowest BCUT2D eigenvalue weighted by Gasteiger charge is -2.60. The van der Waals surface area contributed by atoms with Crippen molar-refractivity contribution in [1.29, 1.82) is 0 Å². The van der Waals surface area contributed by atoms with E-state index in [9.17, 15) is 5.11 Å². The van der Waals surface area contributed by atoms with E-state index in [0.717, 1.165) is 54.8 Å². The summed E-state index contributed by atoms with van der Waals surface area (Å²) in [6.07, 6.45) is 15.3. The van der Waals surface area contributed by atoms with Gasteiger partial charge in [0.25, 0.3) is 0 Å². The topological polar surface area (TPSA) is 29.5 Å². The van der Waals surface area contributed by atoms with Gasteiger partial charge >= 0.3 is 0 Å². The third kappa shape index (κ3) is 4.04. The van der Waals surface area contributed by atoms with E-state index < -0.39 is 0 Å². The summed E-state index contributed by atoms with van der Waals surface area (Å²) in [5.41, 5.74) is 2.28. The Labute approximate surface area is 199 Å². The maximum atomic E-state index is 10.4. The van der Waals surface area contributed by atoms with E-state index in [4.69, 9.17) is 4.74 Å². The standard InChI is InChI=1S/C30H52O2/c1-8-21(19(2)3)10-9-20(4)24-11-12-25-28-26(14-16-30(24,25)6)29(5)15-13-23(31)17-22(29)18-27(28)32-7/h18-21,23-28,31H,8-17H2,1-7H3/t20-,21-,23+,24-,25+,26+,27-,28?,29+,30-/m1/s1. The number of fused-ring (bicyclic) bond motifs is 5. The lowest BCUT2D eigenvalue weighted by molar-refractivity contribution is -0.106. The zero-order chi connectivity index (χ0) is 23.3. The molecule has 0 aromatic heterocycles. The minimum atomic E-state index is -0.147. The minimum absolute atomic E-state index is 0.147. The molecule has 1 N–H and O–H groups in total. The van der Waals surface area contributed by atoms with E-state index >= 15 is 0 Å². The van der Waals surface area contributed by atoms with Gasteiger partial charge in [-0.05, 0) is 104 Å². The largest absolute Gasteiger partial charge is 0.393 e. The molecule has 0 aliphatic heterocycles. The first-order valence-corrected chi connectivity index (χ1v) is 14.1. The third-order valence-electron chi connectivity index (χ3n) is 11.6. The van der Waals surface area contributed by atoms with Crippen LogP contribution in [-0.2, 0) is 4.74 Å². The van der Waals surface area contributed by atoms with Gasteiger partial charge in [0.15, 0.2) is 0 Å². The van der Waals surface area contributed by atoms with Crippen LogP contribution in [0.25, 0.3) is 0 Å². The van der Waals surface area contributed by atoms with Gasteiger partial charge in [-0.1, -0.05) is 66.0 Å². The highest BCUT2D eigenvalue weighted by Crippen LogP contribution is 2.67. The van der Waals surface area contributed by atoms with Crippen molar-refractivity contribution in [2.24, 2.45) is 52.3 Å².